The lowest BCUT2D eigenvalue weighted by molar-refractivity contribution is -0.196. The number of unbranched alkanes of at least 4 members (excludes halogenated alkanes) is 5. The lowest BCUT2D eigenvalue weighted by Gasteiger charge is -2.30. The molecule has 2 N–H and O–H groups in total. The van der Waals surface area contributed by atoms with Crippen LogP contribution in [0, 0.1) is 11.8 Å². The molecule has 2 rings (SSSR count). The molecule has 1 heterocycles. The molecule has 33 heavy (non-hydrogen) atoms. The third kappa shape index (κ3) is 11.2. The Morgan fingerprint density at radius 3 is 2.55 bits per heavy atom. The fourth-order valence-corrected chi connectivity index (χ4v) is 5.17. The van der Waals surface area contributed by atoms with Gasteiger partial charge in [-0.1, -0.05) is 44.8 Å². The van der Waals surface area contributed by atoms with E-state index in [2.05, 4.69) is 13.0 Å². The van der Waals surface area contributed by atoms with Crippen LogP contribution in [0.2, 0.25) is 0 Å². The quantitative estimate of drug-likeness (QED) is 0.208. The summed E-state index contributed by atoms with van der Waals surface area (Å²) in [5.41, 5.74) is 0. The molecule has 1 saturated carbocycles. The van der Waals surface area contributed by atoms with Crippen molar-refractivity contribution in [2.45, 2.75) is 128 Å². The summed E-state index contributed by atoms with van der Waals surface area (Å²) < 4.78 is 12.1. The van der Waals surface area contributed by atoms with Gasteiger partial charge in [0, 0.05) is 32.3 Å². The maximum Gasteiger partial charge on any atom is 0.303 e. The van der Waals surface area contributed by atoms with E-state index in [1.807, 2.05) is 6.08 Å². The van der Waals surface area contributed by atoms with Gasteiger partial charge in [-0.2, -0.15) is 0 Å². The van der Waals surface area contributed by atoms with Gasteiger partial charge in [0.15, 0.2) is 6.29 Å². The second-order valence-corrected chi connectivity index (χ2v) is 9.84. The Morgan fingerprint density at radius 2 is 1.82 bits per heavy atom. The second kappa shape index (κ2) is 16.4. The van der Waals surface area contributed by atoms with Crippen LogP contribution in [0.15, 0.2) is 12.2 Å². The molecule has 1 saturated heterocycles. The number of carbonyl (C=O) groups is 2. The van der Waals surface area contributed by atoms with Crippen molar-refractivity contribution in [3.8, 4) is 0 Å². The lowest BCUT2D eigenvalue weighted by atomic mass is 9.85. The van der Waals surface area contributed by atoms with E-state index < -0.39 is 12.1 Å². The smallest absolute Gasteiger partial charge is 0.303 e. The number of carboxylic acid groups (broad SMARTS) is 1. The molecule has 1 aliphatic carbocycles. The SMILES string of the molecule is CCCCCCCC(=O)CC[C@@H]1[C@@H](C/C=C\CCCC(=O)O)[C@@H](O)C[C@@H]1OC1CCCCO1. The molecule has 190 valence electrons. The lowest BCUT2D eigenvalue weighted by Crippen LogP contribution is -2.31. The van der Waals surface area contributed by atoms with Crippen molar-refractivity contribution in [3.63, 3.8) is 0 Å². The zero-order chi connectivity index (χ0) is 23.9. The number of Topliss-reactive ketones (excluding diaryl/α,β-unsaturated/α-hetero) is 1. The van der Waals surface area contributed by atoms with Gasteiger partial charge in [-0.15, -0.1) is 0 Å². The molecule has 2 fully saturated rings. The number of allylic oxidation sites excluding steroid dienone is 2. The first-order valence-electron chi connectivity index (χ1n) is 13.3. The van der Waals surface area contributed by atoms with E-state index in [9.17, 15) is 14.7 Å². The molecule has 5 atom stereocenters. The fourth-order valence-electron chi connectivity index (χ4n) is 5.17. The van der Waals surface area contributed by atoms with Crippen LogP contribution in [-0.4, -0.2) is 47.1 Å². The Kier molecular flexibility index (Phi) is 13.9. The van der Waals surface area contributed by atoms with Crippen molar-refractivity contribution >= 4 is 11.8 Å². The topological polar surface area (TPSA) is 93.1 Å². The third-order valence-corrected chi connectivity index (χ3v) is 7.11. The molecule has 1 aliphatic heterocycles. The van der Waals surface area contributed by atoms with Crippen molar-refractivity contribution < 1.29 is 29.3 Å². The summed E-state index contributed by atoms with van der Waals surface area (Å²) in [4.78, 5) is 23.2. The van der Waals surface area contributed by atoms with Gasteiger partial charge >= 0.3 is 5.97 Å². The van der Waals surface area contributed by atoms with Crippen LogP contribution in [0.5, 0.6) is 0 Å². The molecule has 0 bridgehead atoms. The molecule has 0 amide bonds. The van der Waals surface area contributed by atoms with Crippen molar-refractivity contribution in [2.75, 3.05) is 6.61 Å². The zero-order valence-electron chi connectivity index (χ0n) is 20.6. The number of aliphatic hydroxyl groups is 1. The highest BCUT2D eigenvalue weighted by Crippen LogP contribution is 2.41. The van der Waals surface area contributed by atoms with Crippen LogP contribution >= 0.6 is 0 Å². The van der Waals surface area contributed by atoms with Crippen LogP contribution in [0.25, 0.3) is 0 Å². The van der Waals surface area contributed by atoms with E-state index in [0.29, 0.717) is 31.5 Å². The normalized spacial score (nSPS) is 27.9. The summed E-state index contributed by atoms with van der Waals surface area (Å²) >= 11 is 0. The van der Waals surface area contributed by atoms with E-state index in [0.717, 1.165) is 58.0 Å². The molecule has 6 nitrogen and oxygen atoms in total. The minimum atomic E-state index is -0.769. The maximum absolute atomic E-state index is 12.5. The molecular formula is C27H46O6. The van der Waals surface area contributed by atoms with E-state index in [4.69, 9.17) is 14.6 Å². The Morgan fingerprint density at radius 1 is 1.00 bits per heavy atom. The summed E-state index contributed by atoms with van der Waals surface area (Å²) in [5.74, 6) is -0.247. The van der Waals surface area contributed by atoms with E-state index in [1.165, 1.54) is 19.3 Å². The Balaban J connectivity index is 1.87. The highest BCUT2D eigenvalue weighted by Gasteiger charge is 2.43. The standard InChI is InChI=1S/C27H46O6/c1-2-3-4-5-8-13-21(28)17-18-23-22(14-9-6-7-10-15-26(30)31)24(29)20-25(23)33-27-16-11-12-19-32-27/h6,9,22-25,27,29H,2-5,7-8,10-20H2,1H3,(H,30,31)/b9-6-/t22-,23-,24+,25+,27?/m1/s1. The number of ketones is 1. The summed E-state index contributed by atoms with van der Waals surface area (Å²) in [6.45, 7) is 2.92. The van der Waals surface area contributed by atoms with Gasteiger partial charge in [0.05, 0.1) is 12.2 Å². The molecule has 0 spiro atoms. The van der Waals surface area contributed by atoms with Gasteiger partial charge in [0.1, 0.15) is 5.78 Å². The summed E-state index contributed by atoms with van der Waals surface area (Å²) in [6.07, 6.45) is 17.0. The number of hydrogen-bond acceptors (Lipinski definition) is 5. The van der Waals surface area contributed by atoms with E-state index in [1.54, 1.807) is 0 Å². The molecule has 0 aromatic rings. The number of hydrogen-bond donors (Lipinski definition) is 2. The van der Waals surface area contributed by atoms with Crippen molar-refractivity contribution in [3.05, 3.63) is 12.2 Å². The number of aliphatic carboxylic acids is 1. The number of carbonyl (C=O) groups excluding carboxylic acids is 1. The average molecular weight is 467 g/mol. The minimum Gasteiger partial charge on any atom is -0.481 e. The molecule has 0 radical (unpaired) electrons. The first-order valence-corrected chi connectivity index (χ1v) is 13.3. The fraction of sp³-hybridized carbons (Fsp3) is 0.852. The number of carboxylic acids is 1. The third-order valence-electron chi connectivity index (χ3n) is 7.11. The van der Waals surface area contributed by atoms with Crippen LogP contribution in [0.3, 0.4) is 0 Å². The van der Waals surface area contributed by atoms with Gasteiger partial charge in [-0.3, -0.25) is 9.59 Å². The largest absolute Gasteiger partial charge is 0.481 e. The van der Waals surface area contributed by atoms with Crippen LogP contribution in [0.4, 0.5) is 0 Å². The van der Waals surface area contributed by atoms with Crippen molar-refractivity contribution in [1.82, 2.24) is 0 Å². The second-order valence-electron chi connectivity index (χ2n) is 9.84. The van der Waals surface area contributed by atoms with Gasteiger partial charge in [0.2, 0.25) is 0 Å². The van der Waals surface area contributed by atoms with Gasteiger partial charge in [-0.05, 0) is 63.2 Å². The Labute approximate surface area is 200 Å². The average Bonchev–Trinajstić information content (AvgIpc) is 3.08. The highest BCUT2D eigenvalue weighted by molar-refractivity contribution is 5.78. The summed E-state index contributed by atoms with van der Waals surface area (Å²) in [7, 11) is 0. The number of ether oxygens (including phenoxy) is 2. The first kappa shape index (κ1) is 28.0. The zero-order valence-corrected chi connectivity index (χ0v) is 20.6. The van der Waals surface area contributed by atoms with Crippen molar-refractivity contribution in [1.29, 1.82) is 0 Å². The first-order chi connectivity index (χ1) is 16.0. The monoisotopic (exact) mass is 466 g/mol. The summed E-state index contributed by atoms with van der Waals surface area (Å²) in [5, 5.41) is 19.6. The van der Waals surface area contributed by atoms with Crippen LogP contribution in [-0.2, 0) is 19.1 Å². The van der Waals surface area contributed by atoms with Crippen LogP contribution < -0.4 is 0 Å². The Bertz CT molecular complexity index is 583. The maximum atomic E-state index is 12.5. The molecule has 0 aromatic heterocycles. The van der Waals surface area contributed by atoms with Gasteiger partial charge < -0.3 is 19.7 Å². The predicted octanol–water partition coefficient (Wildman–Crippen LogP) is 5.81. The van der Waals surface area contributed by atoms with Gasteiger partial charge in [-0.25, -0.2) is 0 Å². The molecule has 1 unspecified atom stereocenters. The minimum absolute atomic E-state index is 0.0617. The Hall–Kier alpha value is -1.24. The predicted molar refractivity (Wildman–Crippen MR) is 129 cm³/mol. The van der Waals surface area contributed by atoms with E-state index in [-0.39, 0.29) is 30.7 Å². The summed E-state index contributed by atoms with van der Waals surface area (Å²) in [6, 6.07) is 0. The highest BCUT2D eigenvalue weighted by atomic mass is 16.7. The molecule has 0 aromatic carbocycles. The molecular weight excluding hydrogens is 420 g/mol. The number of rotatable bonds is 17. The van der Waals surface area contributed by atoms with Gasteiger partial charge in [0.25, 0.3) is 0 Å². The van der Waals surface area contributed by atoms with Crippen molar-refractivity contribution in [2.24, 2.45) is 11.8 Å². The number of aliphatic hydroxyl groups excluding tert-OH is 1. The van der Waals surface area contributed by atoms with Crippen LogP contribution in [0.1, 0.15) is 110 Å². The van der Waals surface area contributed by atoms with E-state index >= 15 is 0 Å². The molecule has 6 heteroatoms. The molecule has 2 aliphatic rings.